The summed E-state index contributed by atoms with van der Waals surface area (Å²) < 4.78 is 1.55. The molecule has 0 radical (unpaired) electrons. The van der Waals surface area contributed by atoms with Crippen molar-refractivity contribution in [2.24, 2.45) is 0 Å². The van der Waals surface area contributed by atoms with Crippen LogP contribution < -0.4 is 5.56 Å². The number of hydrogen-bond acceptors (Lipinski definition) is 2. The van der Waals surface area contributed by atoms with Crippen LogP contribution in [0.1, 0.15) is 19.0 Å². The summed E-state index contributed by atoms with van der Waals surface area (Å²) in [5, 5.41) is 6.01. The van der Waals surface area contributed by atoms with Gasteiger partial charge in [-0.15, -0.1) is 0 Å². The largest absolute Gasteiger partial charge is 0.274 e. The molecular formula is C12H14N2O. The zero-order valence-corrected chi connectivity index (χ0v) is 9.03. The van der Waals surface area contributed by atoms with Crippen molar-refractivity contribution in [3.63, 3.8) is 0 Å². The number of fused-ring (bicyclic) bond motifs is 1. The predicted octanol–water partition coefficient (Wildman–Crippen LogP) is 2.11. The Kier molecular flexibility index (Phi) is 2.54. The summed E-state index contributed by atoms with van der Waals surface area (Å²) in [6.07, 6.45) is 0.921. The van der Waals surface area contributed by atoms with Gasteiger partial charge in [-0.25, -0.2) is 4.68 Å². The fourth-order valence-corrected chi connectivity index (χ4v) is 1.77. The van der Waals surface area contributed by atoms with Crippen molar-refractivity contribution in [3.05, 3.63) is 40.3 Å². The zero-order chi connectivity index (χ0) is 10.8. The fraction of sp³-hybridized carbons (Fsp3) is 0.333. The van der Waals surface area contributed by atoms with E-state index in [9.17, 15) is 4.79 Å². The minimum atomic E-state index is 0.0121. The lowest BCUT2D eigenvalue weighted by Gasteiger charge is -2.06. The van der Waals surface area contributed by atoms with Crippen LogP contribution in [0.2, 0.25) is 0 Å². The quantitative estimate of drug-likeness (QED) is 0.747. The number of aryl methyl sites for hydroxylation is 2. The van der Waals surface area contributed by atoms with Gasteiger partial charge in [-0.1, -0.05) is 25.1 Å². The summed E-state index contributed by atoms with van der Waals surface area (Å²) in [4.78, 5) is 12.0. The summed E-state index contributed by atoms with van der Waals surface area (Å²) in [7, 11) is 0. The minimum absolute atomic E-state index is 0.0121. The molecule has 3 heteroatoms. The van der Waals surface area contributed by atoms with E-state index in [0.717, 1.165) is 22.9 Å². The van der Waals surface area contributed by atoms with Crippen LogP contribution in [0.25, 0.3) is 10.8 Å². The lowest BCUT2D eigenvalue weighted by molar-refractivity contribution is 0.567. The van der Waals surface area contributed by atoms with Gasteiger partial charge in [-0.2, -0.15) is 5.10 Å². The zero-order valence-electron chi connectivity index (χ0n) is 9.03. The molecule has 1 aromatic carbocycles. The molecule has 3 nitrogen and oxygen atoms in total. The summed E-state index contributed by atoms with van der Waals surface area (Å²) in [5.41, 5.74) is 0.928. The SMILES string of the molecule is CCCn1nc(C)c2ccccc2c1=O. The highest BCUT2D eigenvalue weighted by Crippen LogP contribution is 2.11. The molecule has 0 aliphatic rings. The molecule has 0 aliphatic carbocycles. The lowest BCUT2D eigenvalue weighted by Crippen LogP contribution is -2.23. The van der Waals surface area contributed by atoms with E-state index >= 15 is 0 Å². The van der Waals surface area contributed by atoms with Gasteiger partial charge in [0.05, 0.1) is 11.1 Å². The highest BCUT2D eigenvalue weighted by Gasteiger charge is 2.05. The molecule has 1 heterocycles. The van der Waals surface area contributed by atoms with Crippen LogP contribution in [0.4, 0.5) is 0 Å². The fourth-order valence-electron chi connectivity index (χ4n) is 1.77. The van der Waals surface area contributed by atoms with Crippen LogP contribution in [-0.4, -0.2) is 9.78 Å². The molecule has 15 heavy (non-hydrogen) atoms. The molecule has 0 atom stereocenters. The molecule has 2 aromatic rings. The van der Waals surface area contributed by atoms with Gasteiger partial charge in [0.1, 0.15) is 0 Å². The van der Waals surface area contributed by atoms with E-state index in [1.807, 2.05) is 38.1 Å². The molecule has 1 aromatic heterocycles. The molecular weight excluding hydrogens is 188 g/mol. The van der Waals surface area contributed by atoms with Crippen LogP contribution in [0.5, 0.6) is 0 Å². The van der Waals surface area contributed by atoms with Gasteiger partial charge in [0.15, 0.2) is 0 Å². The van der Waals surface area contributed by atoms with Gasteiger partial charge in [0, 0.05) is 11.9 Å². The number of aromatic nitrogens is 2. The molecule has 2 rings (SSSR count). The van der Waals surface area contributed by atoms with Crippen LogP contribution in [0.15, 0.2) is 29.1 Å². The van der Waals surface area contributed by atoms with E-state index in [1.54, 1.807) is 4.68 Å². The van der Waals surface area contributed by atoms with Crippen molar-refractivity contribution >= 4 is 10.8 Å². The minimum Gasteiger partial charge on any atom is -0.267 e. The van der Waals surface area contributed by atoms with Crippen LogP contribution in [0.3, 0.4) is 0 Å². The van der Waals surface area contributed by atoms with Gasteiger partial charge >= 0.3 is 0 Å². The maximum absolute atomic E-state index is 12.0. The number of hydrogen-bond donors (Lipinski definition) is 0. The van der Waals surface area contributed by atoms with Crippen LogP contribution >= 0.6 is 0 Å². The smallest absolute Gasteiger partial charge is 0.267 e. The highest BCUT2D eigenvalue weighted by atomic mass is 16.1. The monoisotopic (exact) mass is 202 g/mol. The molecule has 78 valence electrons. The van der Waals surface area contributed by atoms with Gasteiger partial charge in [-0.05, 0) is 19.4 Å². The van der Waals surface area contributed by atoms with Crippen molar-refractivity contribution in [2.75, 3.05) is 0 Å². The van der Waals surface area contributed by atoms with Crippen LogP contribution in [-0.2, 0) is 6.54 Å². The normalized spacial score (nSPS) is 10.8. The second kappa shape index (κ2) is 3.85. The van der Waals surface area contributed by atoms with Crippen LogP contribution in [0, 0.1) is 6.92 Å². The molecule has 0 bridgehead atoms. The predicted molar refractivity (Wildman–Crippen MR) is 61.0 cm³/mol. The number of nitrogens with zero attached hydrogens (tertiary/aromatic N) is 2. The van der Waals surface area contributed by atoms with E-state index in [4.69, 9.17) is 0 Å². The average molecular weight is 202 g/mol. The second-order valence-corrected chi connectivity index (χ2v) is 3.66. The van der Waals surface area contributed by atoms with Crippen molar-refractivity contribution in [3.8, 4) is 0 Å². The molecule has 0 fully saturated rings. The van der Waals surface area contributed by atoms with E-state index < -0.39 is 0 Å². The Labute approximate surface area is 88.4 Å². The summed E-state index contributed by atoms with van der Waals surface area (Å²) in [5.74, 6) is 0. The van der Waals surface area contributed by atoms with Crippen molar-refractivity contribution < 1.29 is 0 Å². The van der Waals surface area contributed by atoms with Crippen molar-refractivity contribution in [1.29, 1.82) is 0 Å². The third-order valence-electron chi connectivity index (χ3n) is 2.49. The maximum atomic E-state index is 12.0. The Morgan fingerprint density at radius 2 is 1.93 bits per heavy atom. The highest BCUT2D eigenvalue weighted by molar-refractivity contribution is 5.83. The molecule has 0 unspecified atom stereocenters. The third-order valence-corrected chi connectivity index (χ3v) is 2.49. The van der Waals surface area contributed by atoms with Gasteiger partial charge in [0.2, 0.25) is 0 Å². The van der Waals surface area contributed by atoms with Crippen molar-refractivity contribution in [1.82, 2.24) is 9.78 Å². The lowest BCUT2D eigenvalue weighted by atomic mass is 10.1. The Morgan fingerprint density at radius 3 is 2.60 bits per heavy atom. The maximum Gasteiger partial charge on any atom is 0.274 e. The topological polar surface area (TPSA) is 34.9 Å². The molecule has 0 spiro atoms. The molecule has 0 saturated carbocycles. The van der Waals surface area contributed by atoms with Gasteiger partial charge < -0.3 is 0 Å². The Morgan fingerprint density at radius 1 is 1.27 bits per heavy atom. The summed E-state index contributed by atoms with van der Waals surface area (Å²) >= 11 is 0. The average Bonchev–Trinajstić information content (AvgIpc) is 2.26. The van der Waals surface area contributed by atoms with Gasteiger partial charge in [0.25, 0.3) is 5.56 Å². The van der Waals surface area contributed by atoms with E-state index in [1.165, 1.54) is 0 Å². The third kappa shape index (κ3) is 1.65. The Bertz CT molecular complexity index is 543. The first-order chi connectivity index (χ1) is 7.24. The standard InChI is InChI=1S/C12H14N2O/c1-3-8-14-12(15)11-7-5-4-6-10(11)9(2)13-14/h4-7H,3,8H2,1-2H3. The van der Waals surface area contributed by atoms with Crippen molar-refractivity contribution in [2.45, 2.75) is 26.8 Å². The molecule has 0 saturated heterocycles. The Balaban J connectivity index is 2.79. The van der Waals surface area contributed by atoms with E-state index in [-0.39, 0.29) is 5.56 Å². The molecule has 0 amide bonds. The number of benzene rings is 1. The number of rotatable bonds is 2. The molecule has 0 N–H and O–H groups in total. The first-order valence-electron chi connectivity index (χ1n) is 5.20. The molecule has 0 aliphatic heterocycles. The first-order valence-corrected chi connectivity index (χ1v) is 5.20. The van der Waals surface area contributed by atoms with Gasteiger partial charge in [-0.3, -0.25) is 4.79 Å². The first kappa shape index (κ1) is 9.90. The Hall–Kier alpha value is -1.64. The summed E-state index contributed by atoms with van der Waals surface area (Å²) in [6.45, 7) is 4.66. The second-order valence-electron chi connectivity index (χ2n) is 3.66. The van der Waals surface area contributed by atoms with E-state index in [2.05, 4.69) is 5.10 Å². The summed E-state index contributed by atoms with van der Waals surface area (Å²) in [6, 6.07) is 7.62. The van der Waals surface area contributed by atoms with E-state index in [0.29, 0.717) is 6.54 Å².